The van der Waals surface area contributed by atoms with Gasteiger partial charge in [-0.25, -0.2) is 0 Å². The maximum atomic E-state index is 6.92. The third-order valence-electron chi connectivity index (χ3n) is 7.83. The van der Waals surface area contributed by atoms with Crippen molar-refractivity contribution in [1.82, 2.24) is 5.32 Å². The van der Waals surface area contributed by atoms with Gasteiger partial charge in [-0.15, -0.1) is 0 Å². The van der Waals surface area contributed by atoms with Gasteiger partial charge in [0, 0.05) is 28.2 Å². The van der Waals surface area contributed by atoms with Crippen LogP contribution >= 0.6 is 23.2 Å². The van der Waals surface area contributed by atoms with Crippen molar-refractivity contribution < 1.29 is 4.43 Å². The maximum Gasteiger partial charge on any atom is 0.192 e. The fourth-order valence-electron chi connectivity index (χ4n) is 5.47. The highest BCUT2D eigenvalue weighted by molar-refractivity contribution is 6.73. The van der Waals surface area contributed by atoms with Gasteiger partial charge in [-0.1, -0.05) is 57.8 Å². The standard InChI is InChI=1S/C23H37Cl2NOSi/c1-7-28(8-2,9-3)27-21(22-19(24)10-15(4)11-20(22)25)14-26-16-12-17-18(13-16)23(17,5)6/h10-11,16-18,21,26H,7-9,12-14H2,1-6H3/t16?,17-,18+,21?. The van der Waals surface area contributed by atoms with E-state index in [0.29, 0.717) is 11.5 Å². The van der Waals surface area contributed by atoms with Crippen LogP contribution in [0.15, 0.2) is 12.1 Å². The van der Waals surface area contributed by atoms with Crippen molar-refractivity contribution in [1.29, 1.82) is 0 Å². The van der Waals surface area contributed by atoms with Crippen LogP contribution in [0.1, 0.15) is 64.7 Å². The zero-order valence-corrected chi connectivity index (χ0v) is 20.9. The minimum Gasteiger partial charge on any atom is -0.409 e. The summed E-state index contributed by atoms with van der Waals surface area (Å²) < 4.78 is 6.92. The number of hydrogen-bond acceptors (Lipinski definition) is 2. The average molecular weight is 443 g/mol. The predicted molar refractivity (Wildman–Crippen MR) is 124 cm³/mol. The molecular weight excluding hydrogens is 405 g/mol. The van der Waals surface area contributed by atoms with E-state index in [1.165, 1.54) is 12.8 Å². The molecule has 28 heavy (non-hydrogen) atoms. The normalized spacial score (nSPS) is 26.9. The third-order valence-corrected chi connectivity index (χ3v) is 13.1. The van der Waals surface area contributed by atoms with E-state index < -0.39 is 8.32 Å². The molecular formula is C23H37Cl2NOSi. The van der Waals surface area contributed by atoms with Crippen molar-refractivity contribution in [2.24, 2.45) is 17.3 Å². The average Bonchev–Trinajstić information content (AvgIpc) is 2.99. The Morgan fingerprint density at radius 1 is 1.07 bits per heavy atom. The summed E-state index contributed by atoms with van der Waals surface area (Å²) in [6.45, 7) is 14.5. The lowest BCUT2D eigenvalue weighted by Crippen LogP contribution is -2.41. The zero-order valence-electron chi connectivity index (χ0n) is 18.4. The largest absolute Gasteiger partial charge is 0.409 e. The number of hydrogen-bond donors (Lipinski definition) is 1. The smallest absolute Gasteiger partial charge is 0.192 e. The van der Waals surface area contributed by atoms with Gasteiger partial charge in [0.15, 0.2) is 8.32 Å². The summed E-state index contributed by atoms with van der Waals surface area (Å²) >= 11 is 13.3. The fraction of sp³-hybridized carbons (Fsp3) is 0.739. The van der Waals surface area contributed by atoms with Gasteiger partial charge in [0.05, 0.1) is 6.10 Å². The van der Waals surface area contributed by atoms with Crippen molar-refractivity contribution in [3.8, 4) is 0 Å². The van der Waals surface area contributed by atoms with Crippen LogP contribution in [0.5, 0.6) is 0 Å². The molecule has 0 aromatic heterocycles. The first kappa shape index (κ1) is 22.6. The van der Waals surface area contributed by atoms with Crippen LogP contribution in [-0.4, -0.2) is 20.9 Å². The number of benzene rings is 1. The molecule has 4 atom stereocenters. The van der Waals surface area contributed by atoms with Gasteiger partial charge in [0.1, 0.15) is 0 Å². The predicted octanol–water partition coefficient (Wildman–Crippen LogP) is 7.39. The van der Waals surface area contributed by atoms with Gasteiger partial charge in [0.2, 0.25) is 0 Å². The molecule has 0 heterocycles. The number of rotatable bonds is 9. The highest BCUT2D eigenvalue weighted by atomic mass is 35.5. The fourth-order valence-corrected chi connectivity index (χ4v) is 9.11. The van der Waals surface area contributed by atoms with E-state index in [4.69, 9.17) is 27.6 Å². The summed E-state index contributed by atoms with van der Waals surface area (Å²) in [4.78, 5) is 0. The molecule has 0 spiro atoms. The highest BCUT2D eigenvalue weighted by Crippen LogP contribution is 2.66. The van der Waals surface area contributed by atoms with Crippen LogP contribution in [0.2, 0.25) is 28.2 Å². The Bertz CT molecular complexity index is 659. The SMILES string of the molecule is CC[Si](CC)(CC)OC(CNC1C[C@@H]2[C@H](C1)C2(C)C)c1c(Cl)cc(C)cc1Cl. The summed E-state index contributed by atoms with van der Waals surface area (Å²) in [6, 6.07) is 8.00. The van der Waals surface area contributed by atoms with E-state index >= 15 is 0 Å². The van der Waals surface area contributed by atoms with Crippen molar-refractivity contribution in [3.05, 3.63) is 33.3 Å². The first-order valence-electron chi connectivity index (χ1n) is 11.0. The maximum absolute atomic E-state index is 6.92. The van der Waals surface area contributed by atoms with Gasteiger partial charge in [-0.05, 0) is 72.8 Å². The third kappa shape index (κ3) is 4.34. The summed E-state index contributed by atoms with van der Waals surface area (Å²) in [5, 5.41) is 5.29. The monoisotopic (exact) mass is 441 g/mol. The molecule has 1 aromatic rings. The van der Waals surface area contributed by atoms with Gasteiger partial charge < -0.3 is 9.74 Å². The highest BCUT2D eigenvalue weighted by Gasteiger charge is 2.61. The van der Waals surface area contributed by atoms with E-state index in [0.717, 1.165) is 57.7 Å². The van der Waals surface area contributed by atoms with Crippen molar-refractivity contribution >= 4 is 31.5 Å². The van der Waals surface area contributed by atoms with Crippen molar-refractivity contribution in [2.75, 3.05) is 6.54 Å². The minimum atomic E-state index is -1.78. The summed E-state index contributed by atoms with van der Waals surface area (Å²) in [5.74, 6) is 1.79. The number of fused-ring (bicyclic) bond motifs is 1. The second kappa shape index (κ2) is 8.59. The lowest BCUT2D eigenvalue weighted by atomic mass is 9.97. The Balaban J connectivity index is 1.77. The van der Waals surface area contributed by atoms with Crippen LogP contribution in [0, 0.1) is 24.2 Å². The summed E-state index contributed by atoms with van der Waals surface area (Å²) in [5.41, 5.74) is 2.62. The molecule has 2 unspecified atom stereocenters. The molecule has 1 N–H and O–H groups in total. The van der Waals surface area contributed by atoms with Crippen molar-refractivity contribution in [2.45, 2.75) is 84.7 Å². The van der Waals surface area contributed by atoms with E-state index in [1.807, 2.05) is 19.1 Å². The van der Waals surface area contributed by atoms with Gasteiger partial charge in [-0.3, -0.25) is 0 Å². The van der Waals surface area contributed by atoms with Gasteiger partial charge in [-0.2, -0.15) is 0 Å². The second-order valence-electron chi connectivity index (χ2n) is 9.60. The van der Waals surface area contributed by atoms with Crippen LogP contribution in [-0.2, 0) is 4.43 Å². The summed E-state index contributed by atoms with van der Waals surface area (Å²) in [6.07, 6.45) is 2.51. The van der Waals surface area contributed by atoms with Gasteiger partial charge in [0.25, 0.3) is 0 Å². The molecule has 0 amide bonds. The Kier molecular flexibility index (Phi) is 6.94. The Hall–Kier alpha value is -0.0631. The molecule has 0 radical (unpaired) electrons. The van der Waals surface area contributed by atoms with Crippen LogP contribution < -0.4 is 5.32 Å². The van der Waals surface area contributed by atoms with Crippen molar-refractivity contribution in [3.63, 3.8) is 0 Å². The number of aryl methyl sites for hydroxylation is 1. The molecule has 2 nitrogen and oxygen atoms in total. The first-order chi connectivity index (χ1) is 13.2. The molecule has 2 saturated carbocycles. The van der Waals surface area contributed by atoms with Crippen LogP contribution in [0.4, 0.5) is 0 Å². The van der Waals surface area contributed by atoms with Crippen LogP contribution in [0.25, 0.3) is 0 Å². The van der Waals surface area contributed by atoms with Crippen LogP contribution in [0.3, 0.4) is 0 Å². The molecule has 2 aliphatic rings. The number of halogens is 2. The Morgan fingerprint density at radius 2 is 1.57 bits per heavy atom. The quantitative estimate of drug-likeness (QED) is 0.403. The molecule has 3 rings (SSSR count). The molecule has 158 valence electrons. The summed E-state index contributed by atoms with van der Waals surface area (Å²) in [7, 11) is -1.78. The van der Waals surface area contributed by atoms with E-state index in [1.54, 1.807) is 0 Å². The Labute approximate surface area is 182 Å². The Morgan fingerprint density at radius 3 is 2.04 bits per heavy atom. The molecule has 5 heteroatoms. The minimum absolute atomic E-state index is 0.0722. The second-order valence-corrected chi connectivity index (χ2v) is 15.1. The number of nitrogens with one attached hydrogen (secondary N) is 1. The lowest BCUT2D eigenvalue weighted by Gasteiger charge is -2.35. The van der Waals surface area contributed by atoms with E-state index in [2.05, 4.69) is 39.9 Å². The molecule has 0 bridgehead atoms. The van der Waals surface area contributed by atoms with E-state index in [9.17, 15) is 0 Å². The lowest BCUT2D eigenvalue weighted by molar-refractivity contribution is 0.179. The zero-order chi connectivity index (χ0) is 20.7. The molecule has 0 aliphatic heterocycles. The first-order valence-corrected chi connectivity index (χ1v) is 14.3. The topological polar surface area (TPSA) is 21.3 Å². The van der Waals surface area contributed by atoms with E-state index in [-0.39, 0.29) is 6.10 Å². The molecule has 2 fully saturated rings. The molecule has 0 saturated heterocycles. The molecule has 1 aromatic carbocycles. The molecule has 2 aliphatic carbocycles. The van der Waals surface area contributed by atoms with Gasteiger partial charge >= 0.3 is 0 Å².